The Hall–Kier alpha value is -3.20. The van der Waals surface area contributed by atoms with Crippen molar-refractivity contribution in [3.8, 4) is 5.69 Å². The minimum Gasteiger partial charge on any atom is -0.465 e. The maximum atomic E-state index is 12.6. The minimum absolute atomic E-state index is 0.229. The first-order valence-corrected chi connectivity index (χ1v) is 8.49. The first-order valence-electron chi connectivity index (χ1n) is 8.11. The predicted molar refractivity (Wildman–Crippen MR) is 97.8 cm³/mol. The number of nitrogens with zero attached hydrogens (tertiary/aromatic N) is 4. The number of halogens is 1. The van der Waals surface area contributed by atoms with Gasteiger partial charge in [-0.3, -0.25) is 19.0 Å². The third-order valence-corrected chi connectivity index (χ3v) is 3.93. The van der Waals surface area contributed by atoms with Crippen LogP contribution < -0.4 is 10.9 Å². The molecule has 1 amide bonds. The number of carbonyl (C=O) groups excluding carboxylic acids is 2. The molecule has 0 aliphatic heterocycles. The van der Waals surface area contributed by atoms with Crippen LogP contribution in [0.1, 0.15) is 6.92 Å². The van der Waals surface area contributed by atoms with Crippen molar-refractivity contribution in [1.82, 2.24) is 24.6 Å². The average Bonchev–Trinajstić information content (AvgIpc) is 3.08. The van der Waals surface area contributed by atoms with E-state index in [-0.39, 0.29) is 25.1 Å². The molecular formula is C17H16ClN5O4. The molecule has 10 heteroatoms. The molecule has 0 atom stereocenters. The summed E-state index contributed by atoms with van der Waals surface area (Å²) >= 11 is 5.88. The molecule has 0 aliphatic carbocycles. The summed E-state index contributed by atoms with van der Waals surface area (Å²) in [7, 11) is 0. The van der Waals surface area contributed by atoms with Crippen molar-refractivity contribution in [2.75, 3.05) is 13.2 Å². The van der Waals surface area contributed by atoms with Crippen molar-refractivity contribution in [2.45, 2.75) is 13.5 Å². The average molecular weight is 390 g/mol. The van der Waals surface area contributed by atoms with Crippen molar-refractivity contribution in [3.63, 3.8) is 0 Å². The fourth-order valence-corrected chi connectivity index (χ4v) is 2.55. The number of esters is 1. The number of hydrogen-bond donors (Lipinski definition) is 1. The molecule has 0 radical (unpaired) electrons. The summed E-state index contributed by atoms with van der Waals surface area (Å²) < 4.78 is 7.38. The molecule has 0 spiro atoms. The Bertz CT molecular complexity index is 1040. The topological polar surface area (TPSA) is 108 Å². The van der Waals surface area contributed by atoms with Crippen LogP contribution in [0.4, 0.5) is 0 Å². The molecule has 2 aromatic heterocycles. The summed E-state index contributed by atoms with van der Waals surface area (Å²) in [5.41, 5.74) is 0.656. The molecule has 1 N–H and O–H groups in total. The lowest BCUT2D eigenvalue weighted by Gasteiger charge is -2.07. The lowest BCUT2D eigenvalue weighted by Crippen LogP contribution is -2.35. The van der Waals surface area contributed by atoms with Crippen LogP contribution in [0.3, 0.4) is 0 Å². The number of hydrogen-bond acceptors (Lipinski definition) is 6. The molecule has 9 nitrogen and oxygen atoms in total. The Morgan fingerprint density at radius 1 is 1.26 bits per heavy atom. The summed E-state index contributed by atoms with van der Waals surface area (Å²) in [4.78, 5) is 40.0. The Labute approximate surface area is 158 Å². The largest absolute Gasteiger partial charge is 0.465 e. The van der Waals surface area contributed by atoms with Gasteiger partial charge in [0.15, 0.2) is 5.65 Å². The van der Waals surface area contributed by atoms with E-state index in [1.165, 1.54) is 17.2 Å². The molecule has 0 fully saturated rings. The van der Waals surface area contributed by atoms with Crippen LogP contribution in [0.5, 0.6) is 0 Å². The highest BCUT2D eigenvalue weighted by Gasteiger charge is 2.14. The fraction of sp³-hybridized carbons (Fsp3) is 0.235. The quantitative estimate of drug-likeness (QED) is 0.628. The maximum Gasteiger partial charge on any atom is 0.325 e. The second-order valence-corrected chi connectivity index (χ2v) is 5.97. The highest BCUT2D eigenvalue weighted by molar-refractivity contribution is 6.30. The summed E-state index contributed by atoms with van der Waals surface area (Å²) in [6.45, 7) is 1.37. The van der Waals surface area contributed by atoms with Crippen LogP contribution in [-0.4, -0.2) is 44.4 Å². The monoisotopic (exact) mass is 389 g/mol. The van der Waals surface area contributed by atoms with Crippen molar-refractivity contribution in [3.05, 3.63) is 52.2 Å². The van der Waals surface area contributed by atoms with Gasteiger partial charge in [0.25, 0.3) is 5.56 Å². The molecule has 3 aromatic rings. The SMILES string of the molecule is CCOC(=O)CNC(=O)Cn1cnc2c(cnn2-c2ccc(Cl)cc2)c1=O. The van der Waals surface area contributed by atoms with Crippen LogP contribution in [0.25, 0.3) is 16.7 Å². The number of carbonyl (C=O) groups is 2. The van der Waals surface area contributed by atoms with Crippen molar-refractivity contribution in [2.24, 2.45) is 0 Å². The van der Waals surface area contributed by atoms with Crippen molar-refractivity contribution in [1.29, 1.82) is 0 Å². The molecule has 0 saturated carbocycles. The number of aromatic nitrogens is 4. The molecule has 0 bridgehead atoms. The number of nitrogens with one attached hydrogen (secondary N) is 1. The molecule has 0 unspecified atom stereocenters. The highest BCUT2D eigenvalue weighted by atomic mass is 35.5. The second-order valence-electron chi connectivity index (χ2n) is 5.53. The molecule has 27 heavy (non-hydrogen) atoms. The van der Waals surface area contributed by atoms with Gasteiger partial charge in [-0.25, -0.2) is 9.67 Å². The van der Waals surface area contributed by atoms with Crippen LogP contribution in [0.15, 0.2) is 41.6 Å². The third-order valence-electron chi connectivity index (χ3n) is 3.67. The standard InChI is InChI=1S/C17H16ClN5O4/c1-2-27-15(25)8-19-14(24)9-22-10-20-16-13(17(22)26)7-21-23(16)12-5-3-11(18)4-6-12/h3-7,10H,2,8-9H2,1H3,(H,19,24). The molecular weight excluding hydrogens is 374 g/mol. The molecule has 140 valence electrons. The minimum atomic E-state index is -0.545. The normalized spacial score (nSPS) is 10.7. The van der Waals surface area contributed by atoms with Crippen LogP contribution in [0, 0.1) is 0 Å². The summed E-state index contributed by atoms with van der Waals surface area (Å²) in [6.07, 6.45) is 2.66. The second kappa shape index (κ2) is 8.00. The lowest BCUT2D eigenvalue weighted by molar-refractivity contribution is -0.143. The summed E-state index contributed by atoms with van der Waals surface area (Å²) in [5, 5.41) is 7.44. The van der Waals surface area contributed by atoms with Gasteiger partial charge in [-0.2, -0.15) is 5.10 Å². The van der Waals surface area contributed by atoms with Crippen molar-refractivity contribution < 1.29 is 14.3 Å². The van der Waals surface area contributed by atoms with E-state index in [2.05, 4.69) is 15.4 Å². The number of ether oxygens (including phenoxy) is 1. The van der Waals surface area contributed by atoms with Gasteiger partial charge in [-0.15, -0.1) is 0 Å². The van der Waals surface area contributed by atoms with E-state index in [1.54, 1.807) is 31.2 Å². The molecule has 3 rings (SSSR count). The van der Waals surface area contributed by atoms with Gasteiger partial charge in [0.1, 0.15) is 24.8 Å². The maximum absolute atomic E-state index is 12.6. The van der Waals surface area contributed by atoms with E-state index in [1.807, 2.05) is 0 Å². The van der Waals surface area contributed by atoms with Crippen molar-refractivity contribution >= 4 is 34.5 Å². The van der Waals surface area contributed by atoms with E-state index in [0.717, 1.165) is 4.57 Å². The van der Waals surface area contributed by atoms with Crippen LogP contribution in [-0.2, 0) is 20.9 Å². The van der Waals surface area contributed by atoms with Gasteiger partial charge in [-0.1, -0.05) is 11.6 Å². The smallest absolute Gasteiger partial charge is 0.325 e. The van der Waals surface area contributed by atoms with E-state index in [4.69, 9.17) is 16.3 Å². The molecule has 0 saturated heterocycles. The van der Waals surface area contributed by atoms with Gasteiger partial charge >= 0.3 is 5.97 Å². The highest BCUT2D eigenvalue weighted by Crippen LogP contribution is 2.16. The summed E-state index contributed by atoms with van der Waals surface area (Å²) in [5.74, 6) is -1.05. The van der Waals surface area contributed by atoms with E-state index < -0.39 is 17.4 Å². The lowest BCUT2D eigenvalue weighted by atomic mass is 10.3. The number of benzene rings is 1. The molecule has 1 aromatic carbocycles. The third kappa shape index (κ3) is 4.14. The predicted octanol–water partition coefficient (Wildman–Crippen LogP) is 0.915. The van der Waals surface area contributed by atoms with E-state index in [0.29, 0.717) is 16.4 Å². The Morgan fingerprint density at radius 2 is 2.00 bits per heavy atom. The van der Waals surface area contributed by atoms with Gasteiger partial charge in [-0.05, 0) is 31.2 Å². The van der Waals surface area contributed by atoms with E-state index >= 15 is 0 Å². The van der Waals surface area contributed by atoms with Gasteiger partial charge in [0.05, 0.1) is 18.5 Å². The molecule has 2 heterocycles. The van der Waals surface area contributed by atoms with Crippen LogP contribution in [0.2, 0.25) is 5.02 Å². The number of amides is 1. The van der Waals surface area contributed by atoms with Crippen LogP contribution >= 0.6 is 11.6 Å². The number of fused-ring (bicyclic) bond motifs is 1. The van der Waals surface area contributed by atoms with Gasteiger partial charge < -0.3 is 10.1 Å². The zero-order chi connectivity index (χ0) is 19.4. The first-order chi connectivity index (χ1) is 13.0. The van der Waals surface area contributed by atoms with E-state index in [9.17, 15) is 14.4 Å². The molecule has 0 aliphatic rings. The zero-order valence-corrected chi connectivity index (χ0v) is 15.1. The Morgan fingerprint density at radius 3 is 2.70 bits per heavy atom. The van der Waals surface area contributed by atoms with Gasteiger partial charge in [0, 0.05) is 5.02 Å². The number of rotatable bonds is 6. The van der Waals surface area contributed by atoms with Gasteiger partial charge in [0.2, 0.25) is 5.91 Å². The Balaban J connectivity index is 1.80. The first kappa shape index (κ1) is 18.6. The summed E-state index contributed by atoms with van der Waals surface area (Å²) in [6, 6.07) is 6.93. The fourth-order valence-electron chi connectivity index (χ4n) is 2.43. The Kier molecular flexibility index (Phi) is 5.51. The zero-order valence-electron chi connectivity index (χ0n) is 14.4.